The molecule has 0 saturated carbocycles. The highest BCUT2D eigenvalue weighted by Gasteiger charge is 2.19. The van der Waals surface area contributed by atoms with Crippen molar-refractivity contribution in [1.82, 2.24) is 0 Å². The third-order valence-electron chi connectivity index (χ3n) is 2.66. The Morgan fingerprint density at radius 3 is 2.32 bits per heavy atom. The van der Waals surface area contributed by atoms with E-state index in [0.717, 1.165) is 11.1 Å². The van der Waals surface area contributed by atoms with Gasteiger partial charge in [0.2, 0.25) is 0 Å². The summed E-state index contributed by atoms with van der Waals surface area (Å²) in [6.45, 7) is 0. The lowest BCUT2D eigenvalue weighted by atomic mass is 10.1. The standard InChI is InChI=1S/C13H11Cl2IO2S/c1-17-10-4-8(9(14)5-11(10)18-2)13(15)7-3-12(16)19-6-7/h3-6,13H,1-2H3. The fourth-order valence-corrected chi connectivity index (χ4v) is 3.80. The van der Waals surface area contributed by atoms with Gasteiger partial charge >= 0.3 is 0 Å². The third kappa shape index (κ3) is 3.29. The van der Waals surface area contributed by atoms with Crippen molar-refractivity contribution in [2.75, 3.05) is 14.2 Å². The summed E-state index contributed by atoms with van der Waals surface area (Å²) in [6.07, 6.45) is 0. The van der Waals surface area contributed by atoms with Crippen molar-refractivity contribution in [3.8, 4) is 11.5 Å². The van der Waals surface area contributed by atoms with Crippen LogP contribution in [0.4, 0.5) is 0 Å². The van der Waals surface area contributed by atoms with Gasteiger partial charge in [0.25, 0.3) is 0 Å². The van der Waals surface area contributed by atoms with E-state index >= 15 is 0 Å². The van der Waals surface area contributed by atoms with Crippen LogP contribution in [0.3, 0.4) is 0 Å². The number of methoxy groups -OCH3 is 2. The minimum Gasteiger partial charge on any atom is -0.493 e. The Labute approximate surface area is 139 Å². The molecule has 0 spiro atoms. The molecule has 1 unspecified atom stereocenters. The molecule has 2 rings (SSSR count). The van der Waals surface area contributed by atoms with E-state index in [1.807, 2.05) is 11.4 Å². The fourth-order valence-electron chi connectivity index (χ4n) is 1.70. The molecule has 0 bridgehead atoms. The molecule has 1 atom stereocenters. The van der Waals surface area contributed by atoms with Crippen LogP contribution in [0.15, 0.2) is 23.6 Å². The molecule has 0 saturated heterocycles. The number of alkyl halides is 1. The Hall–Kier alpha value is -0.170. The molecule has 2 nitrogen and oxygen atoms in total. The molecule has 0 fully saturated rings. The van der Waals surface area contributed by atoms with Gasteiger partial charge in [-0.3, -0.25) is 0 Å². The van der Waals surface area contributed by atoms with Gasteiger partial charge in [-0.15, -0.1) is 22.9 Å². The van der Waals surface area contributed by atoms with E-state index in [4.69, 9.17) is 32.7 Å². The molecule has 2 aromatic rings. The molecule has 1 aromatic heterocycles. The van der Waals surface area contributed by atoms with Gasteiger partial charge in [0.1, 0.15) is 0 Å². The van der Waals surface area contributed by atoms with Crippen LogP contribution in [0.1, 0.15) is 16.5 Å². The number of thiophene rings is 1. The fraction of sp³-hybridized carbons (Fsp3) is 0.231. The first-order valence-electron chi connectivity index (χ1n) is 5.36. The highest BCUT2D eigenvalue weighted by atomic mass is 127. The lowest BCUT2D eigenvalue weighted by molar-refractivity contribution is 0.354. The van der Waals surface area contributed by atoms with Crippen molar-refractivity contribution in [1.29, 1.82) is 0 Å². The lowest BCUT2D eigenvalue weighted by Crippen LogP contribution is -1.97. The van der Waals surface area contributed by atoms with Gasteiger partial charge in [0, 0.05) is 11.1 Å². The molecule has 0 aliphatic heterocycles. The average Bonchev–Trinajstić information content (AvgIpc) is 2.84. The van der Waals surface area contributed by atoms with Gasteiger partial charge in [0.05, 0.1) is 22.5 Å². The maximum Gasteiger partial charge on any atom is 0.162 e. The zero-order valence-corrected chi connectivity index (χ0v) is 14.7. The summed E-state index contributed by atoms with van der Waals surface area (Å²) in [7, 11) is 3.17. The van der Waals surface area contributed by atoms with Crippen LogP contribution in [0.5, 0.6) is 11.5 Å². The highest BCUT2D eigenvalue weighted by Crippen LogP contribution is 2.41. The molecular weight excluding hydrogens is 418 g/mol. The van der Waals surface area contributed by atoms with Crippen molar-refractivity contribution >= 4 is 57.1 Å². The number of rotatable bonds is 4. The van der Waals surface area contributed by atoms with Crippen LogP contribution in [-0.4, -0.2) is 14.2 Å². The number of halogens is 3. The lowest BCUT2D eigenvalue weighted by Gasteiger charge is -2.14. The van der Waals surface area contributed by atoms with E-state index in [1.165, 1.54) is 2.88 Å². The molecule has 0 N–H and O–H groups in total. The van der Waals surface area contributed by atoms with Crippen LogP contribution in [-0.2, 0) is 0 Å². The van der Waals surface area contributed by atoms with Crippen molar-refractivity contribution in [2.24, 2.45) is 0 Å². The SMILES string of the molecule is COc1cc(Cl)c(C(Cl)c2csc(I)c2)cc1OC. The van der Waals surface area contributed by atoms with E-state index < -0.39 is 0 Å². The van der Waals surface area contributed by atoms with E-state index in [9.17, 15) is 0 Å². The molecule has 0 aliphatic carbocycles. The normalized spacial score (nSPS) is 12.3. The van der Waals surface area contributed by atoms with Gasteiger partial charge in [-0.05, 0) is 51.2 Å². The monoisotopic (exact) mass is 428 g/mol. The van der Waals surface area contributed by atoms with E-state index in [1.54, 1.807) is 31.6 Å². The smallest absolute Gasteiger partial charge is 0.162 e. The highest BCUT2D eigenvalue weighted by molar-refractivity contribution is 14.1. The first kappa shape index (κ1) is 15.2. The van der Waals surface area contributed by atoms with Crippen molar-refractivity contribution in [3.05, 3.63) is 42.6 Å². The summed E-state index contributed by atoms with van der Waals surface area (Å²) < 4.78 is 11.7. The Morgan fingerprint density at radius 1 is 1.16 bits per heavy atom. The third-order valence-corrected chi connectivity index (χ3v) is 5.28. The maximum atomic E-state index is 6.50. The first-order valence-corrected chi connectivity index (χ1v) is 8.13. The summed E-state index contributed by atoms with van der Waals surface area (Å²) in [5.74, 6) is 1.22. The van der Waals surface area contributed by atoms with Crippen LogP contribution >= 0.6 is 57.1 Å². The number of ether oxygens (including phenoxy) is 2. The second-order valence-electron chi connectivity index (χ2n) is 3.78. The molecule has 0 aliphatic rings. The number of hydrogen-bond donors (Lipinski definition) is 0. The zero-order valence-electron chi connectivity index (χ0n) is 10.2. The molecule has 1 heterocycles. The van der Waals surface area contributed by atoms with Gasteiger partial charge < -0.3 is 9.47 Å². The molecule has 19 heavy (non-hydrogen) atoms. The van der Waals surface area contributed by atoms with E-state index in [0.29, 0.717) is 16.5 Å². The molecule has 102 valence electrons. The minimum absolute atomic E-state index is 0.299. The Kier molecular flexibility index (Phi) is 5.22. The van der Waals surface area contributed by atoms with Gasteiger partial charge in [-0.2, -0.15) is 0 Å². The largest absolute Gasteiger partial charge is 0.493 e. The second-order valence-corrected chi connectivity index (χ2v) is 7.42. The Morgan fingerprint density at radius 2 is 1.79 bits per heavy atom. The van der Waals surface area contributed by atoms with Crippen LogP contribution in [0.2, 0.25) is 5.02 Å². The second kappa shape index (κ2) is 6.52. The molecule has 0 radical (unpaired) electrons. The van der Waals surface area contributed by atoms with Crippen molar-refractivity contribution in [3.63, 3.8) is 0 Å². The predicted molar refractivity (Wildman–Crippen MR) is 89.3 cm³/mol. The number of hydrogen-bond acceptors (Lipinski definition) is 3. The summed E-state index contributed by atoms with van der Waals surface area (Å²) in [4.78, 5) is 0. The number of benzene rings is 1. The Balaban J connectivity index is 2.44. The van der Waals surface area contributed by atoms with Crippen LogP contribution in [0.25, 0.3) is 0 Å². The minimum atomic E-state index is -0.299. The summed E-state index contributed by atoms with van der Waals surface area (Å²) in [6, 6.07) is 5.60. The first-order chi connectivity index (χ1) is 9.06. The van der Waals surface area contributed by atoms with Crippen molar-refractivity contribution in [2.45, 2.75) is 5.38 Å². The van der Waals surface area contributed by atoms with Gasteiger partial charge in [0.15, 0.2) is 11.5 Å². The van der Waals surface area contributed by atoms with Crippen molar-refractivity contribution < 1.29 is 9.47 Å². The van der Waals surface area contributed by atoms with Crippen LogP contribution < -0.4 is 9.47 Å². The maximum absolute atomic E-state index is 6.50. The zero-order chi connectivity index (χ0) is 14.0. The molecule has 0 amide bonds. The summed E-state index contributed by atoms with van der Waals surface area (Å²) in [5, 5.41) is 2.30. The molecular formula is C13H11Cl2IO2S. The van der Waals surface area contributed by atoms with Crippen LogP contribution in [0, 0.1) is 2.88 Å². The topological polar surface area (TPSA) is 18.5 Å². The Bertz CT molecular complexity index is 586. The van der Waals surface area contributed by atoms with Gasteiger partial charge in [-0.1, -0.05) is 11.6 Å². The average molecular weight is 429 g/mol. The van der Waals surface area contributed by atoms with E-state index in [-0.39, 0.29) is 5.38 Å². The van der Waals surface area contributed by atoms with Gasteiger partial charge in [-0.25, -0.2) is 0 Å². The molecule has 1 aromatic carbocycles. The summed E-state index contributed by atoms with van der Waals surface area (Å²) >= 11 is 16.7. The summed E-state index contributed by atoms with van der Waals surface area (Å²) in [5.41, 5.74) is 1.85. The van der Waals surface area contributed by atoms with E-state index in [2.05, 4.69) is 28.7 Å². The predicted octanol–water partition coefficient (Wildman–Crippen LogP) is 5.35. The molecule has 6 heteroatoms. The quantitative estimate of drug-likeness (QED) is 0.482.